The lowest BCUT2D eigenvalue weighted by Gasteiger charge is -2.14. The summed E-state index contributed by atoms with van der Waals surface area (Å²) in [5, 5.41) is 0. The molecule has 126 valence electrons. The molecule has 3 rings (SSSR count). The minimum absolute atomic E-state index is 0.0254. The van der Waals surface area contributed by atoms with Crippen molar-refractivity contribution in [1.82, 2.24) is 19.1 Å². The molecule has 0 bridgehead atoms. The summed E-state index contributed by atoms with van der Waals surface area (Å²) in [6.45, 7) is 0. The molecule has 0 aliphatic rings. The Morgan fingerprint density at radius 2 is 1.92 bits per heavy atom. The van der Waals surface area contributed by atoms with E-state index in [9.17, 15) is 18.0 Å². The van der Waals surface area contributed by atoms with Gasteiger partial charge in [0.1, 0.15) is 11.6 Å². The van der Waals surface area contributed by atoms with Crippen molar-refractivity contribution >= 4 is 11.2 Å². The van der Waals surface area contributed by atoms with Crippen molar-refractivity contribution in [2.45, 2.75) is 6.18 Å². The Bertz CT molecular complexity index is 989. The van der Waals surface area contributed by atoms with Crippen LogP contribution in [-0.2, 0) is 20.3 Å². The van der Waals surface area contributed by atoms with E-state index in [-0.39, 0.29) is 28.3 Å². The molecule has 0 atom stereocenters. The van der Waals surface area contributed by atoms with E-state index >= 15 is 0 Å². The average molecular weight is 338 g/mol. The first-order valence-electron chi connectivity index (χ1n) is 6.87. The summed E-state index contributed by atoms with van der Waals surface area (Å²) in [6, 6.07) is 3.04. The van der Waals surface area contributed by atoms with Gasteiger partial charge in [-0.3, -0.25) is 9.36 Å². The number of alkyl halides is 3. The SMILES string of the molecule is COc1cc(C(F)(F)F)ccc1-c1nc2ncn(C)c2c(=O)n1C. The highest BCUT2D eigenvalue weighted by molar-refractivity contribution is 5.75. The van der Waals surface area contributed by atoms with Gasteiger partial charge in [0, 0.05) is 14.1 Å². The zero-order valence-electron chi connectivity index (χ0n) is 13.0. The zero-order chi connectivity index (χ0) is 17.6. The molecular weight excluding hydrogens is 325 g/mol. The molecule has 0 fully saturated rings. The first-order chi connectivity index (χ1) is 11.2. The summed E-state index contributed by atoms with van der Waals surface area (Å²) in [5.74, 6) is 0.152. The summed E-state index contributed by atoms with van der Waals surface area (Å²) in [6.07, 6.45) is -3.04. The van der Waals surface area contributed by atoms with E-state index < -0.39 is 11.7 Å². The molecule has 24 heavy (non-hydrogen) atoms. The fraction of sp³-hybridized carbons (Fsp3) is 0.267. The van der Waals surface area contributed by atoms with Crippen LogP contribution in [0.5, 0.6) is 5.75 Å². The molecule has 9 heteroatoms. The fourth-order valence-corrected chi connectivity index (χ4v) is 2.47. The van der Waals surface area contributed by atoms with Crippen LogP contribution in [0.15, 0.2) is 29.3 Å². The Hall–Kier alpha value is -2.84. The van der Waals surface area contributed by atoms with E-state index in [1.165, 1.54) is 31.1 Å². The summed E-state index contributed by atoms with van der Waals surface area (Å²) in [5.41, 5.74) is -0.383. The summed E-state index contributed by atoms with van der Waals surface area (Å²) < 4.78 is 46.4. The smallest absolute Gasteiger partial charge is 0.416 e. The highest BCUT2D eigenvalue weighted by Crippen LogP contribution is 2.36. The third kappa shape index (κ3) is 2.41. The first-order valence-corrected chi connectivity index (χ1v) is 6.87. The molecule has 0 saturated heterocycles. The van der Waals surface area contributed by atoms with Gasteiger partial charge >= 0.3 is 6.18 Å². The normalized spacial score (nSPS) is 11.9. The number of benzene rings is 1. The molecule has 0 aliphatic heterocycles. The van der Waals surface area contributed by atoms with E-state index in [1.54, 1.807) is 11.6 Å². The topological polar surface area (TPSA) is 61.9 Å². The van der Waals surface area contributed by atoms with Crippen LogP contribution in [-0.4, -0.2) is 26.2 Å². The van der Waals surface area contributed by atoms with Gasteiger partial charge in [-0.2, -0.15) is 13.2 Å². The monoisotopic (exact) mass is 338 g/mol. The molecule has 0 amide bonds. The van der Waals surface area contributed by atoms with Gasteiger partial charge in [-0.05, 0) is 18.2 Å². The molecular formula is C15H13F3N4O2. The third-order valence-electron chi connectivity index (χ3n) is 3.72. The number of nitrogens with zero attached hydrogens (tertiary/aromatic N) is 4. The van der Waals surface area contributed by atoms with E-state index in [0.717, 1.165) is 12.1 Å². The number of hydrogen-bond donors (Lipinski definition) is 0. The number of fused-ring (bicyclic) bond motifs is 1. The van der Waals surface area contributed by atoms with E-state index in [2.05, 4.69) is 9.97 Å². The highest BCUT2D eigenvalue weighted by atomic mass is 19.4. The van der Waals surface area contributed by atoms with Crippen LogP contribution in [0, 0.1) is 0 Å². The standard InChI is InChI=1S/C15H13F3N4O2/c1-21-7-19-12-11(21)14(23)22(2)13(20-12)9-5-4-8(15(16,17)18)6-10(9)24-3/h4-7H,1-3H3. The van der Waals surface area contributed by atoms with Crippen molar-refractivity contribution in [3.63, 3.8) is 0 Å². The minimum Gasteiger partial charge on any atom is -0.496 e. The molecule has 0 spiro atoms. The molecule has 0 saturated carbocycles. The maximum absolute atomic E-state index is 12.9. The van der Waals surface area contributed by atoms with E-state index in [4.69, 9.17) is 4.74 Å². The molecule has 1 aromatic carbocycles. The molecule has 0 aliphatic carbocycles. The van der Waals surface area contributed by atoms with Crippen molar-refractivity contribution < 1.29 is 17.9 Å². The van der Waals surface area contributed by atoms with Gasteiger partial charge in [0.05, 0.1) is 24.6 Å². The number of aromatic nitrogens is 4. The van der Waals surface area contributed by atoms with Gasteiger partial charge in [0.25, 0.3) is 5.56 Å². The van der Waals surface area contributed by atoms with Crippen LogP contribution in [0.2, 0.25) is 0 Å². The van der Waals surface area contributed by atoms with Gasteiger partial charge < -0.3 is 9.30 Å². The highest BCUT2D eigenvalue weighted by Gasteiger charge is 2.31. The number of aryl methyl sites for hydroxylation is 1. The predicted molar refractivity (Wildman–Crippen MR) is 80.7 cm³/mol. The lowest BCUT2D eigenvalue weighted by atomic mass is 10.1. The molecule has 3 aromatic rings. The lowest BCUT2D eigenvalue weighted by Crippen LogP contribution is -2.22. The number of ether oxygens (including phenoxy) is 1. The maximum atomic E-state index is 12.9. The van der Waals surface area contributed by atoms with Crippen molar-refractivity contribution in [1.29, 1.82) is 0 Å². The second-order valence-electron chi connectivity index (χ2n) is 5.24. The van der Waals surface area contributed by atoms with Crippen LogP contribution in [0.1, 0.15) is 5.56 Å². The van der Waals surface area contributed by atoms with Crippen LogP contribution < -0.4 is 10.3 Å². The molecule has 0 radical (unpaired) electrons. The molecule has 2 heterocycles. The van der Waals surface area contributed by atoms with Crippen LogP contribution >= 0.6 is 0 Å². The molecule has 2 aromatic heterocycles. The Morgan fingerprint density at radius 3 is 2.54 bits per heavy atom. The van der Waals surface area contributed by atoms with Crippen LogP contribution in [0.4, 0.5) is 13.2 Å². The van der Waals surface area contributed by atoms with Crippen molar-refractivity contribution in [3.8, 4) is 17.1 Å². The molecule has 0 N–H and O–H groups in total. The average Bonchev–Trinajstić information content (AvgIpc) is 2.90. The number of rotatable bonds is 2. The Labute approximate surface area is 134 Å². The van der Waals surface area contributed by atoms with Crippen molar-refractivity contribution in [3.05, 3.63) is 40.4 Å². The van der Waals surface area contributed by atoms with E-state index in [0.29, 0.717) is 5.52 Å². The van der Waals surface area contributed by atoms with Crippen molar-refractivity contribution in [2.24, 2.45) is 14.1 Å². The fourth-order valence-electron chi connectivity index (χ4n) is 2.47. The van der Waals surface area contributed by atoms with Gasteiger partial charge in [-0.25, -0.2) is 9.97 Å². The largest absolute Gasteiger partial charge is 0.496 e. The third-order valence-corrected chi connectivity index (χ3v) is 3.72. The minimum atomic E-state index is -4.49. The zero-order valence-corrected chi connectivity index (χ0v) is 13.0. The van der Waals surface area contributed by atoms with Gasteiger partial charge in [-0.1, -0.05) is 0 Å². The molecule has 6 nitrogen and oxygen atoms in total. The Kier molecular flexibility index (Phi) is 3.58. The van der Waals surface area contributed by atoms with Crippen LogP contribution in [0.3, 0.4) is 0 Å². The quantitative estimate of drug-likeness (QED) is 0.720. The summed E-state index contributed by atoms with van der Waals surface area (Å²) >= 11 is 0. The second-order valence-corrected chi connectivity index (χ2v) is 5.24. The lowest BCUT2D eigenvalue weighted by molar-refractivity contribution is -0.137. The van der Waals surface area contributed by atoms with Crippen LogP contribution in [0.25, 0.3) is 22.6 Å². The van der Waals surface area contributed by atoms with Crippen molar-refractivity contribution in [2.75, 3.05) is 7.11 Å². The van der Waals surface area contributed by atoms with Gasteiger partial charge in [0.2, 0.25) is 0 Å². The molecule has 0 unspecified atom stereocenters. The first kappa shape index (κ1) is 16.0. The summed E-state index contributed by atoms with van der Waals surface area (Å²) in [7, 11) is 4.42. The van der Waals surface area contributed by atoms with E-state index in [1.807, 2.05) is 0 Å². The number of halogens is 3. The summed E-state index contributed by atoms with van der Waals surface area (Å²) in [4.78, 5) is 20.8. The predicted octanol–water partition coefficient (Wildman–Crippen LogP) is 2.36. The second kappa shape index (κ2) is 5.36. The van der Waals surface area contributed by atoms with Gasteiger partial charge in [0.15, 0.2) is 11.2 Å². The Balaban J connectivity index is 2.28. The Morgan fingerprint density at radius 1 is 1.21 bits per heavy atom. The van der Waals surface area contributed by atoms with Gasteiger partial charge in [-0.15, -0.1) is 0 Å². The number of imidazole rings is 1. The maximum Gasteiger partial charge on any atom is 0.416 e. The number of hydrogen-bond acceptors (Lipinski definition) is 4. The number of methoxy groups -OCH3 is 1.